The van der Waals surface area contributed by atoms with Crippen LogP contribution in [0.3, 0.4) is 0 Å². The third-order valence-corrected chi connectivity index (χ3v) is 6.01. The third kappa shape index (κ3) is 5.52. The van der Waals surface area contributed by atoms with Crippen molar-refractivity contribution in [1.29, 1.82) is 0 Å². The van der Waals surface area contributed by atoms with Crippen LogP contribution in [-0.4, -0.2) is 78.2 Å². The van der Waals surface area contributed by atoms with Crippen LogP contribution in [0.5, 0.6) is 5.75 Å². The molecular formula is C23H35N5O4. The second-order valence-corrected chi connectivity index (χ2v) is 8.39. The van der Waals surface area contributed by atoms with Crippen LogP contribution in [0, 0.1) is 0 Å². The molecule has 1 aliphatic heterocycles. The SMILES string of the molecule is COc1ccccc1N1CCN(CCCN(CC(C)O)c2cc(=O)n(C)c(=O)n2C)CC1. The van der Waals surface area contributed by atoms with E-state index in [2.05, 4.69) is 15.9 Å². The van der Waals surface area contributed by atoms with Gasteiger partial charge in [-0.25, -0.2) is 4.79 Å². The second kappa shape index (κ2) is 10.7. The molecule has 2 aromatic rings. The lowest BCUT2D eigenvalue weighted by molar-refractivity contribution is 0.198. The largest absolute Gasteiger partial charge is 0.495 e. The fourth-order valence-electron chi connectivity index (χ4n) is 4.23. The lowest BCUT2D eigenvalue weighted by Crippen LogP contribution is -2.47. The van der Waals surface area contributed by atoms with Crippen molar-refractivity contribution in [3.63, 3.8) is 0 Å². The van der Waals surface area contributed by atoms with Crippen molar-refractivity contribution in [3.8, 4) is 5.75 Å². The number of aromatic nitrogens is 2. The molecule has 1 aromatic carbocycles. The second-order valence-electron chi connectivity index (χ2n) is 8.39. The number of methoxy groups -OCH3 is 1. The Labute approximate surface area is 189 Å². The van der Waals surface area contributed by atoms with Gasteiger partial charge in [0.25, 0.3) is 5.56 Å². The van der Waals surface area contributed by atoms with Crippen LogP contribution >= 0.6 is 0 Å². The number of ether oxygens (including phenoxy) is 1. The normalized spacial score (nSPS) is 15.6. The van der Waals surface area contributed by atoms with Crippen molar-refractivity contribution >= 4 is 11.5 Å². The van der Waals surface area contributed by atoms with E-state index in [1.54, 1.807) is 21.1 Å². The molecule has 3 rings (SSSR count). The summed E-state index contributed by atoms with van der Waals surface area (Å²) in [5.74, 6) is 1.44. The fraction of sp³-hybridized carbons (Fsp3) is 0.565. The quantitative estimate of drug-likeness (QED) is 0.602. The molecule has 1 atom stereocenters. The van der Waals surface area contributed by atoms with Crippen molar-refractivity contribution in [3.05, 3.63) is 51.2 Å². The predicted octanol–water partition coefficient (Wildman–Crippen LogP) is 0.492. The topological polar surface area (TPSA) is 83.2 Å². The Kier molecular flexibility index (Phi) is 7.98. The van der Waals surface area contributed by atoms with Crippen LogP contribution in [0.25, 0.3) is 0 Å². The van der Waals surface area contributed by atoms with Gasteiger partial charge in [-0.1, -0.05) is 12.1 Å². The maximum absolute atomic E-state index is 12.3. The molecule has 0 aliphatic carbocycles. The molecule has 1 N–H and O–H groups in total. The van der Waals surface area contributed by atoms with Gasteiger partial charge in [0.2, 0.25) is 0 Å². The van der Waals surface area contributed by atoms with E-state index in [4.69, 9.17) is 4.74 Å². The Morgan fingerprint density at radius 2 is 1.78 bits per heavy atom. The highest BCUT2D eigenvalue weighted by molar-refractivity contribution is 5.58. The molecule has 1 saturated heterocycles. The molecule has 0 bridgehead atoms. The van der Waals surface area contributed by atoms with E-state index in [9.17, 15) is 14.7 Å². The zero-order valence-corrected chi connectivity index (χ0v) is 19.5. The first-order valence-electron chi connectivity index (χ1n) is 11.1. The van der Waals surface area contributed by atoms with Gasteiger partial charge < -0.3 is 19.6 Å². The molecule has 1 aromatic heterocycles. The number of aliphatic hydroxyl groups excluding tert-OH is 1. The minimum absolute atomic E-state index is 0.342. The van der Waals surface area contributed by atoms with Gasteiger partial charge in [-0.05, 0) is 32.0 Å². The van der Waals surface area contributed by atoms with Gasteiger partial charge in [-0.3, -0.25) is 18.8 Å². The van der Waals surface area contributed by atoms with E-state index in [1.807, 2.05) is 23.1 Å². The van der Waals surface area contributed by atoms with Gasteiger partial charge in [0, 0.05) is 59.4 Å². The number of para-hydroxylation sites is 2. The number of hydrogen-bond donors (Lipinski definition) is 1. The molecule has 0 radical (unpaired) electrons. The summed E-state index contributed by atoms with van der Waals surface area (Å²) >= 11 is 0. The van der Waals surface area contributed by atoms with E-state index < -0.39 is 6.10 Å². The van der Waals surface area contributed by atoms with Crippen LogP contribution in [0.1, 0.15) is 13.3 Å². The number of rotatable bonds is 9. The smallest absolute Gasteiger partial charge is 0.332 e. The summed E-state index contributed by atoms with van der Waals surface area (Å²) in [5, 5.41) is 9.96. The number of nitrogens with zero attached hydrogens (tertiary/aromatic N) is 5. The molecule has 0 spiro atoms. The van der Waals surface area contributed by atoms with Crippen molar-refractivity contribution in [1.82, 2.24) is 14.0 Å². The molecule has 0 saturated carbocycles. The van der Waals surface area contributed by atoms with Crippen molar-refractivity contribution in [2.75, 3.05) is 62.7 Å². The molecule has 0 amide bonds. The Hall–Kier alpha value is -2.78. The van der Waals surface area contributed by atoms with Crippen LogP contribution in [0.2, 0.25) is 0 Å². The first-order chi connectivity index (χ1) is 15.3. The summed E-state index contributed by atoms with van der Waals surface area (Å²) in [7, 11) is 4.83. The molecule has 32 heavy (non-hydrogen) atoms. The summed E-state index contributed by atoms with van der Waals surface area (Å²) in [5.41, 5.74) is 0.422. The average Bonchev–Trinajstić information content (AvgIpc) is 2.79. The summed E-state index contributed by atoms with van der Waals surface area (Å²) in [6.07, 6.45) is 0.295. The molecule has 1 unspecified atom stereocenters. The molecule has 1 fully saturated rings. The summed E-state index contributed by atoms with van der Waals surface area (Å²) in [6, 6.07) is 9.57. The summed E-state index contributed by atoms with van der Waals surface area (Å²) in [6.45, 7) is 7.41. The van der Waals surface area contributed by atoms with Gasteiger partial charge >= 0.3 is 5.69 Å². The average molecular weight is 446 g/mol. The summed E-state index contributed by atoms with van der Waals surface area (Å²) < 4.78 is 8.05. The van der Waals surface area contributed by atoms with Crippen LogP contribution in [0.4, 0.5) is 11.5 Å². The van der Waals surface area contributed by atoms with E-state index >= 15 is 0 Å². The summed E-state index contributed by atoms with van der Waals surface area (Å²) in [4.78, 5) is 31.2. The van der Waals surface area contributed by atoms with Crippen LogP contribution in [-0.2, 0) is 14.1 Å². The van der Waals surface area contributed by atoms with Crippen molar-refractivity contribution in [2.45, 2.75) is 19.4 Å². The number of anilines is 2. The van der Waals surface area contributed by atoms with Gasteiger partial charge in [-0.2, -0.15) is 0 Å². The monoisotopic (exact) mass is 445 g/mol. The van der Waals surface area contributed by atoms with E-state index in [0.29, 0.717) is 18.9 Å². The lowest BCUT2D eigenvalue weighted by atomic mass is 10.2. The molecule has 1 aliphatic rings. The maximum atomic E-state index is 12.3. The standard InChI is InChI=1S/C23H35N5O4/c1-18(29)17-28(21-16-22(30)25(3)23(31)24(21)2)11-7-10-26-12-14-27(15-13-26)19-8-5-6-9-20(19)32-4/h5-6,8-9,16,18,29H,7,10-15,17H2,1-4H3. The molecule has 9 nitrogen and oxygen atoms in total. The highest BCUT2D eigenvalue weighted by Crippen LogP contribution is 2.28. The van der Waals surface area contributed by atoms with E-state index in [-0.39, 0.29) is 11.2 Å². The van der Waals surface area contributed by atoms with Gasteiger partial charge in [-0.15, -0.1) is 0 Å². The number of piperazine rings is 1. The minimum atomic E-state index is -0.571. The van der Waals surface area contributed by atoms with Crippen LogP contribution < -0.4 is 25.8 Å². The Bertz CT molecular complexity index is 1010. The first-order valence-corrected chi connectivity index (χ1v) is 11.1. The predicted molar refractivity (Wildman–Crippen MR) is 127 cm³/mol. The Balaban J connectivity index is 1.58. The van der Waals surface area contributed by atoms with Crippen molar-refractivity contribution in [2.24, 2.45) is 14.1 Å². The molecule has 9 heteroatoms. The number of benzene rings is 1. The minimum Gasteiger partial charge on any atom is -0.495 e. The van der Waals surface area contributed by atoms with Crippen molar-refractivity contribution < 1.29 is 9.84 Å². The number of aliphatic hydroxyl groups is 1. The fourth-order valence-corrected chi connectivity index (χ4v) is 4.23. The molecule has 176 valence electrons. The molecular weight excluding hydrogens is 410 g/mol. The maximum Gasteiger partial charge on any atom is 0.332 e. The van der Waals surface area contributed by atoms with Gasteiger partial charge in [0.05, 0.1) is 18.9 Å². The zero-order chi connectivity index (χ0) is 23.3. The first kappa shape index (κ1) is 23.9. The third-order valence-electron chi connectivity index (χ3n) is 6.01. The Morgan fingerprint density at radius 3 is 2.44 bits per heavy atom. The number of hydrogen-bond acceptors (Lipinski definition) is 7. The lowest BCUT2D eigenvalue weighted by Gasteiger charge is -2.37. The zero-order valence-electron chi connectivity index (χ0n) is 19.5. The van der Waals surface area contributed by atoms with Gasteiger partial charge in [0.1, 0.15) is 11.6 Å². The van der Waals surface area contributed by atoms with E-state index in [1.165, 1.54) is 17.7 Å². The highest BCUT2D eigenvalue weighted by atomic mass is 16.5. The Morgan fingerprint density at radius 1 is 1.09 bits per heavy atom. The highest BCUT2D eigenvalue weighted by Gasteiger charge is 2.20. The molecule has 2 heterocycles. The van der Waals surface area contributed by atoms with Crippen LogP contribution in [0.15, 0.2) is 39.9 Å². The van der Waals surface area contributed by atoms with E-state index in [0.717, 1.165) is 55.1 Å². The van der Waals surface area contributed by atoms with Gasteiger partial charge in [0.15, 0.2) is 0 Å².